The maximum Gasteiger partial charge on any atom is 0.326 e. The predicted molar refractivity (Wildman–Crippen MR) is 171 cm³/mol. The van der Waals surface area contributed by atoms with Crippen LogP contribution in [0.4, 0.5) is 38.7 Å². The highest BCUT2D eigenvalue weighted by atomic mass is 35.5. The summed E-state index contributed by atoms with van der Waals surface area (Å²) in [5.74, 6) is 1.05. The topological polar surface area (TPSA) is 137 Å². The largest absolute Gasteiger partial charge is 0.363 e. The second-order valence-corrected chi connectivity index (χ2v) is 10.7. The van der Waals surface area contributed by atoms with Gasteiger partial charge in [0.25, 0.3) is 0 Å². The van der Waals surface area contributed by atoms with Crippen LogP contribution in [0.1, 0.15) is 11.4 Å². The Bertz CT molecular complexity index is 1580. The minimum atomic E-state index is -0.509. The van der Waals surface area contributed by atoms with Gasteiger partial charge in [-0.1, -0.05) is 58.0 Å². The summed E-state index contributed by atoms with van der Waals surface area (Å²) < 4.78 is 0. The summed E-state index contributed by atoms with van der Waals surface area (Å²) in [5.41, 5.74) is 2.42. The van der Waals surface area contributed by atoms with Crippen LogP contribution in [0.15, 0.2) is 48.5 Å². The molecule has 0 fully saturated rings. The first kappa shape index (κ1) is 32.9. The monoisotopic (exact) mass is 669 g/mol. The summed E-state index contributed by atoms with van der Waals surface area (Å²) in [7, 11) is 3.72. The highest BCUT2D eigenvalue weighted by Crippen LogP contribution is 2.26. The number of benzene rings is 2. The number of anilines is 5. The Morgan fingerprint density at radius 1 is 0.595 bits per heavy atom. The summed E-state index contributed by atoms with van der Waals surface area (Å²) in [5, 5.41) is 12.1. The van der Waals surface area contributed by atoms with E-state index in [0.717, 1.165) is 5.69 Å². The van der Waals surface area contributed by atoms with Gasteiger partial charge >= 0.3 is 12.1 Å². The first-order valence-corrected chi connectivity index (χ1v) is 13.8. The Balaban J connectivity index is 0.000000231. The predicted octanol–water partition coefficient (Wildman–Crippen LogP) is 8.19. The van der Waals surface area contributed by atoms with E-state index in [2.05, 4.69) is 41.2 Å². The molecule has 0 unspecified atom stereocenters. The molecule has 0 radical (unpaired) electrons. The van der Waals surface area contributed by atoms with Crippen LogP contribution in [0.2, 0.25) is 25.2 Å². The van der Waals surface area contributed by atoms with Crippen molar-refractivity contribution >= 4 is 99.2 Å². The Morgan fingerprint density at radius 3 is 1.48 bits per heavy atom. The third-order valence-electron chi connectivity index (χ3n) is 4.93. The van der Waals surface area contributed by atoms with Crippen molar-refractivity contribution in [2.24, 2.45) is 0 Å². The molecule has 42 heavy (non-hydrogen) atoms. The van der Waals surface area contributed by atoms with E-state index in [-0.39, 0.29) is 17.0 Å². The van der Waals surface area contributed by atoms with Crippen molar-refractivity contribution in [3.05, 3.63) is 85.2 Å². The molecule has 0 aliphatic heterocycles. The zero-order chi connectivity index (χ0) is 31.0. The lowest BCUT2D eigenvalue weighted by molar-refractivity contribution is 0.261. The molecule has 220 valence electrons. The SMILES string of the molecule is Cc1cc(Cl)nc(NC(=O)Nc2ccc(Cl)c(Cl)c2)n1.Cc1cc(N(C)C)nc(NC(=O)Nc2ccc(Cl)c(Cl)c2)n1. The van der Waals surface area contributed by atoms with E-state index < -0.39 is 12.1 Å². The van der Waals surface area contributed by atoms with Crippen LogP contribution in [0, 0.1) is 13.8 Å². The van der Waals surface area contributed by atoms with Gasteiger partial charge in [-0.2, -0.15) is 4.98 Å². The van der Waals surface area contributed by atoms with Gasteiger partial charge in [0.05, 0.1) is 20.1 Å². The number of halogens is 5. The van der Waals surface area contributed by atoms with Crippen molar-refractivity contribution in [1.82, 2.24) is 19.9 Å². The molecular formula is C26H24Cl5N9O2. The fourth-order valence-electron chi connectivity index (χ4n) is 3.10. The van der Waals surface area contributed by atoms with Gasteiger partial charge in [0, 0.05) is 42.9 Å². The lowest BCUT2D eigenvalue weighted by Crippen LogP contribution is -2.22. The number of hydrogen-bond acceptors (Lipinski definition) is 7. The van der Waals surface area contributed by atoms with Crippen molar-refractivity contribution in [1.29, 1.82) is 0 Å². The van der Waals surface area contributed by atoms with E-state index >= 15 is 0 Å². The van der Waals surface area contributed by atoms with E-state index in [9.17, 15) is 9.59 Å². The zero-order valence-electron chi connectivity index (χ0n) is 22.6. The van der Waals surface area contributed by atoms with Crippen LogP contribution in [-0.4, -0.2) is 46.1 Å². The molecule has 0 aliphatic rings. The highest BCUT2D eigenvalue weighted by molar-refractivity contribution is 6.42. The molecule has 0 aliphatic carbocycles. The Labute approximate surface area is 266 Å². The number of urea groups is 2. The minimum absolute atomic E-state index is 0.118. The number of aryl methyl sites for hydroxylation is 2. The number of aromatic nitrogens is 4. The Morgan fingerprint density at radius 2 is 1.05 bits per heavy atom. The normalized spacial score (nSPS) is 10.2. The number of hydrogen-bond donors (Lipinski definition) is 4. The van der Waals surface area contributed by atoms with Crippen LogP contribution >= 0.6 is 58.0 Å². The number of carbonyl (C=O) groups is 2. The molecule has 4 amide bonds. The lowest BCUT2D eigenvalue weighted by Gasteiger charge is -2.13. The molecule has 0 atom stereocenters. The van der Waals surface area contributed by atoms with Gasteiger partial charge in [-0.25, -0.2) is 24.5 Å². The second-order valence-electron chi connectivity index (χ2n) is 8.66. The molecule has 2 aromatic heterocycles. The molecule has 16 heteroatoms. The van der Waals surface area contributed by atoms with Gasteiger partial charge < -0.3 is 15.5 Å². The van der Waals surface area contributed by atoms with E-state index in [1.54, 1.807) is 43.3 Å². The van der Waals surface area contributed by atoms with Crippen LogP contribution < -0.4 is 26.2 Å². The van der Waals surface area contributed by atoms with Crippen LogP contribution in [0.25, 0.3) is 0 Å². The first-order valence-electron chi connectivity index (χ1n) is 11.9. The third-order valence-corrected chi connectivity index (χ3v) is 6.60. The number of amides is 4. The molecule has 4 N–H and O–H groups in total. The number of nitrogens with zero attached hydrogens (tertiary/aromatic N) is 5. The summed E-state index contributed by atoms with van der Waals surface area (Å²) >= 11 is 29.1. The number of nitrogens with one attached hydrogen (secondary N) is 4. The third kappa shape index (κ3) is 10.3. The summed E-state index contributed by atoms with van der Waals surface area (Å²) in [6.45, 7) is 3.58. The summed E-state index contributed by atoms with van der Waals surface area (Å²) in [6, 6.07) is 12.0. The zero-order valence-corrected chi connectivity index (χ0v) is 26.3. The number of rotatable bonds is 5. The fourth-order valence-corrected chi connectivity index (χ4v) is 3.93. The number of carbonyl (C=O) groups excluding carboxylic acids is 2. The lowest BCUT2D eigenvalue weighted by atomic mass is 10.3. The molecule has 0 spiro atoms. The van der Waals surface area contributed by atoms with Crippen LogP contribution in [0.5, 0.6) is 0 Å². The van der Waals surface area contributed by atoms with Crippen molar-refractivity contribution in [2.75, 3.05) is 40.3 Å². The molecule has 2 heterocycles. The van der Waals surface area contributed by atoms with Gasteiger partial charge in [0.2, 0.25) is 11.9 Å². The quantitative estimate of drug-likeness (QED) is 0.157. The molecule has 4 aromatic rings. The van der Waals surface area contributed by atoms with Crippen LogP contribution in [-0.2, 0) is 0 Å². The highest BCUT2D eigenvalue weighted by Gasteiger charge is 2.10. The first-order chi connectivity index (χ1) is 19.8. The average Bonchev–Trinajstić information content (AvgIpc) is 2.87. The standard InChI is InChI=1S/C14H15Cl2N5O.C12H9Cl3N4O/c1-8-6-12(21(2)3)19-13(17-8)20-14(22)18-9-4-5-10(15)11(16)7-9;1-6-4-10(15)18-11(16-6)19-12(20)17-7-2-3-8(13)9(14)5-7/h4-7H,1-3H3,(H2,17,18,19,20,22);2-5H,1H3,(H2,16,17,18,19,20). The Kier molecular flexibility index (Phi) is 11.8. The van der Waals surface area contributed by atoms with E-state index in [1.807, 2.05) is 32.0 Å². The van der Waals surface area contributed by atoms with Gasteiger partial charge in [-0.15, -0.1) is 0 Å². The molecule has 4 rings (SSSR count). The maximum atomic E-state index is 12.0. The molecule has 11 nitrogen and oxygen atoms in total. The second kappa shape index (κ2) is 15.0. The van der Waals surface area contributed by atoms with Gasteiger partial charge in [-0.05, 0) is 56.3 Å². The van der Waals surface area contributed by atoms with E-state index in [1.165, 1.54) is 6.07 Å². The van der Waals surface area contributed by atoms with E-state index in [0.29, 0.717) is 43.0 Å². The molecule has 2 aromatic carbocycles. The molecular weight excluding hydrogens is 648 g/mol. The maximum absolute atomic E-state index is 12.0. The molecule has 0 bridgehead atoms. The smallest absolute Gasteiger partial charge is 0.326 e. The van der Waals surface area contributed by atoms with Crippen molar-refractivity contribution < 1.29 is 9.59 Å². The van der Waals surface area contributed by atoms with Gasteiger partial charge in [0.15, 0.2) is 0 Å². The van der Waals surface area contributed by atoms with Crippen LogP contribution in [0.3, 0.4) is 0 Å². The fraction of sp³-hybridized carbons (Fsp3) is 0.154. The summed E-state index contributed by atoms with van der Waals surface area (Å²) in [4.78, 5) is 41.9. The van der Waals surface area contributed by atoms with Crippen molar-refractivity contribution in [3.63, 3.8) is 0 Å². The van der Waals surface area contributed by atoms with Crippen molar-refractivity contribution in [2.45, 2.75) is 13.8 Å². The van der Waals surface area contributed by atoms with Gasteiger partial charge in [0.1, 0.15) is 11.0 Å². The molecule has 0 saturated carbocycles. The van der Waals surface area contributed by atoms with E-state index in [4.69, 9.17) is 58.0 Å². The summed E-state index contributed by atoms with van der Waals surface area (Å²) in [6.07, 6.45) is 0. The minimum Gasteiger partial charge on any atom is -0.363 e. The van der Waals surface area contributed by atoms with Gasteiger partial charge in [-0.3, -0.25) is 10.6 Å². The average molecular weight is 672 g/mol. The molecule has 0 saturated heterocycles. The van der Waals surface area contributed by atoms with Crippen molar-refractivity contribution in [3.8, 4) is 0 Å². The Hall–Kier alpha value is -3.61.